The second-order valence-corrected chi connectivity index (χ2v) is 6.60. The lowest BCUT2D eigenvalue weighted by Crippen LogP contribution is -2.22. The minimum atomic E-state index is -0.696. The summed E-state index contributed by atoms with van der Waals surface area (Å²) in [6, 6.07) is 10.5. The van der Waals surface area contributed by atoms with Gasteiger partial charge in [0.25, 0.3) is 0 Å². The minimum absolute atomic E-state index is 0.565. The van der Waals surface area contributed by atoms with Crippen molar-refractivity contribution < 1.29 is 5.11 Å². The molecule has 0 fully saturated rings. The normalized spacial score (nSPS) is 16.7. The van der Waals surface area contributed by atoms with E-state index >= 15 is 0 Å². The molecule has 0 amide bonds. The molecule has 0 saturated heterocycles. The number of hydrogen-bond donors (Lipinski definition) is 1. The van der Waals surface area contributed by atoms with Crippen LogP contribution in [0.2, 0.25) is 0 Å². The van der Waals surface area contributed by atoms with Crippen LogP contribution in [0.25, 0.3) is 10.1 Å². The molecule has 2 aromatic rings. The van der Waals surface area contributed by atoms with Crippen LogP contribution in [-0.4, -0.2) is 5.11 Å². The first-order valence-corrected chi connectivity index (χ1v) is 7.56. The van der Waals surface area contributed by atoms with E-state index in [4.69, 9.17) is 0 Å². The van der Waals surface area contributed by atoms with Crippen molar-refractivity contribution in [2.24, 2.45) is 5.92 Å². The number of aliphatic hydroxyl groups is 1. The highest BCUT2D eigenvalue weighted by Gasteiger charge is 2.27. The van der Waals surface area contributed by atoms with Gasteiger partial charge in [-0.15, -0.1) is 11.3 Å². The fourth-order valence-electron chi connectivity index (χ4n) is 2.62. The van der Waals surface area contributed by atoms with Crippen molar-refractivity contribution in [3.8, 4) is 0 Å². The lowest BCUT2D eigenvalue weighted by atomic mass is 9.89. The van der Waals surface area contributed by atoms with Crippen molar-refractivity contribution >= 4 is 21.4 Å². The molecule has 0 aliphatic carbocycles. The van der Waals surface area contributed by atoms with Crippen molar-refractivity contribution in [2.75, 3.05) is 0 Å². The van der Waals surface area contributed by atoms with E-state index in [-0.39, 0.29) is 0 Å². The Hall–Kier alpha value is -0.860. The molecule has 0 radical (unpaired) electrons. The molecular weight excluding hydrogens is 240 g/mol. The Labute approximate surface area is 113 Å². The summed E-state index contributed by atoms with van der Waals surface area (Å²) in [6.45, 7) is 6.37. The van der Waals surface area contributed by atoms with Crippen LogP contribution < -0.4 is 0 Å². The molecule has 2 rings (SSSR count). The predicted molar refractivity (Wildman–Crippen MR) is 80.1 cm³/mol. The van der Waals surface area contributed by atoms with Crippen LogP contribution in [0.4, 0.5) is 0 Å². The molecule has 1 heterocycles. The van der Waals surface area contributed by atoms with E-state index in [1.165, 1.54) is 22.9 Å². The van der Waals surface area contributed by atoms with Crippen molar-refractivity contribution in [3.05, 3.63) is 35.2 Å². The van der Waals surface area contributed by atoms with Gasteiger partial charge in [-0.25, -0.2) is 0 Å². The summed E-state index contributed by atoms with van der Waals surface area (Å²) in [4.78, 5) is 1.09. The Morgan fingerprint density at radius 2 is 2.06 bits per heavy atom. The van der Waals surface area contributed by atoms with Crippen LogP contribution in [0.1, 0.15) is 44.9 Å². The number of fused-ring (bicyclic) bond motifs is 1. The SMILES string of the molecule is CCCC(C)CC(C)(O)c1cc2ccccc2s1. The van der Waals surface area contributed by atoms with Crippen molar-refractivity contribution in [1.82, 2.24) is 0 Å². The van der Waals surface area contributed by atoms with E-state index in [2.05, 4.69) is 38.1 Å². The molecule has 0 saturated carbocycles. The van der Waals surface area contributed by atoms with Gasteiger partial charge in [0.05, 0.1) is 5.60 Å². The minimum Gasteiger partial charge on any atom is -0.385 e. The van der Waals surface area contributed by atoms with Crippen LogP contribution in [0.15, 0.2) is 30.3 Å². The molecule has 98 valence electrons. The smallest absolute Gasteiger partial charge is 0.0962 e. The van der Waals surface area contributed by atoms with Crippen molar-refractivity contribution in [3.63, 3.8) is 0 Å². The highest BCUT2D eigenvalue weighted by atomic mass is 32.1. The molecule has 0 aliphatic heterocycles. The Kier molecular flexibility index (Phi) is 4.08. The van der Waals surface area contributed by atoms with Gasteiger partial charge >= 0.3 is 0 Å². The Morgan fingerprint density at radius 3 is 2.72 bits per heavy atom. The monoisotopic (exact) mass is 262 g/mol. The maximum absolute atomic E-state index is 10.7. The highest BCUT2D eigenvalue weighted by Crippen LogP contribution is 2.37. The van der Waals surface area contributed by atoms with E-state index in [9.17, 15) is 5.11 Å². The molecule has 2 heteroatoms. The highest BCUT2D eigenvalue weighted by molar-refractivity contribution is 7.19. The molecule has 0 bridgehead atoms. The van der Waals surface area contributed by atoms with Gasteiger partial charge < -0.3 is 5.11 Å². The average molecular weight is 262 g/mol. The molecule has 18 heavy (non-hydrogen) atoms. The van der Waals surface area contributed by atoms with Crippen LogP contribution >= 0.6 is 11.3 Å². The van der Waals surface area contributed by atoms with Gasteiger partial charge in [0.15, 0.2) is 0 Å². The van der Waals surface area contributed by atoms with Gasteiger partial charge in [-0.05, 0) is 36.8 Å². The van der Waals surface area contributed by atoms with Gasteiger partial charge in [0.1, 0.15) is 0 Å². The molecule has 1 aromatic heterocycles. The van der Waals surface area contributed by atoms with E-state index in [1.54, 1.807) is 11.3 Å². The lowest BCUT2D eigenvalue weighted by molar-refractivity contribution is 0.0348. The zero-order valence-electron chi connectivity index (χ0n) is 11.4. The summed E-state index contributed by atoms with van der Waals surface area (Å²) in [7, 11) is 0. The quantitative estimate of drug-likeness (QED) is 0.809. The third-order valence-electron chi connectivity index (χ3n) is 3.48. The first-order chi connectivity index (χ1) is 8.53. The Bertz CT molecular complexity index is 480. The third kappa shape index (κ3) is 2.93. The first-order valence-electron chi connectivity index (χ1n) is 6.74. The second-order valence-electron chi connectivity index (χ2n) is 5.52. The maximum atomic E-state index is 10.7. The molecule has 2 unspecified atom stereocenters. The van der Waals surface area contributed by atoms with Gasteiger partial charge in [-0.1, -0.05) is 44.9 Å². The summed E-state index contributed by atoms with van der Waals surface area (Å²) in [6.07, 6.45) is 3.21. The van der Waals surface area contributed by atoms with Crippen LogP contribution in [0, 0.1) is 5.92 Å². The largest absolute Gasteiger partial charge is 0.385 e. The van der Waals surface area contributed by atoms with E-state index < -0.39 is 5.60 Å². The second kappa shape index (κ2) is 5.41. The summed E-state index contributed by atoms with van der Waals surface area (Å²) >= 11 is 1.71. The van der Waals surface area contributed by atoms with Gasteiger partial charge in [0, 0.05) is 9.58 Å². The molecule has 0 spiro atoms. The average Bonchev–Trinajstić information content (AvgIpc) is 2.72. The number of hydrogen-bond acceptors (Lipinski definition) is 2. The standard InChI is InChI=1S/C16H22OS/c1-4-7-12(2)11-16(3,17)15-10-13-8-5-6-9-14(13)18-15/h5-6,8-10,12,17H,4,7,11H2,1-3H3. The predicted octanol–water partition coefficient (Wildman–Crippen LogP) is 4.94. The molecule has 1 aromatic carbocycles. The van der Waals surface area contributed by atoms with Crippen LogP contribution in [-0.2, 0) is 5.60 Å². The van der Waals surface area contributed by atoms with Crippen molar-refractivity contribution in [2.45, 2.75) is 45.6 Å². The Morgan fingerprint density at radius 1 is 1.33 bits per heavy atom. The van der Waals surface area contributed by atoms with E-state index in [0.717, 1.165) is 11.3 Å². The maximum Gasteiger partial charge on any atom is 0.0962 e. The van der Waals surface area contributed by atoms with E-state index in [1.807, 2.05) is 13.0 Å². The zero-order chi connectivity index (χ0) is 13.2. The van der Waals surface area contributed by atoms with E-state index in [0.29, 0.717) is 5.92 Å². The summed E-state index contributed by atoms with van der Waals surface area (Å²) in [5, 5.41) is 11.9. The first kappa shape index (κ1) is 13.6. The summed E-state index contributed by atoms with van der Waals surface area (Å²) in [5.41, 5.74) is -0.696. The van der Waals surface area contributed by atoms with Gasteiger partial charge in [-0.3, -0.25) is 0 Å². The Balaban J connectivity index is 2.23. The van der Waals surface area contributed by atoms with Crippen LogP contribution in [0.3, 0.4) is 0 Å². The fraction of sp³-hybridized carbons (Fsp3) is 0.500. The summed E-state index contributed by atoms with van der Waals surface area (Å²) in [5.74, 6) is 0.565. The van der Waals surface area contributed by atoms with Crippen LogP contribution in [0.5, 0.6) is 0 Å². The summed E-state index contributed by atoms with van der Waals surface area (Å²) < 4.78 is 1.26. The lowest BCUT2D eigenvalue weighted by Gasteiger charge is -2.25. The number of thiophene rings is 1. The molecule has 1 nitrogen and oxygen atoms in total. The molecule has 2 atom stereocenters. The van der Waals surface area contributed by atoms with Gasteiger partial charge in [0.2, 0.25) is 0 Å². The molecular formula is C16H22OS. The van der Waals surface area contributed by atoms with Gasteiger partial charge in [-0.2, -0.15) is 0 Å². The fourth-order valence-corrected chi connectivity index (χ4v) is 3.74. The molecule has 1 N–H and O–H groups in total. The molecule has 0 aliphatic rings. The number of benzene rings is 1. The van der Waals surface area contributed by atoms with Crippen molar-refractivity contribution in [1.29, 1.82) is 0 Å². The number of rotatable bonds is 5. The third-order valence-corrected chi connectivity index (χ3v) is 4.85. The zero-order valence-corrected chi connectivity index (χ0v) is 12.3. The topological polar surface area (TPSA) is 20.2 Å².